The van der Waals surface area contributed by atoms with E-state index in [-0.39, 0.29) is 6.10 Å². The van der Waals surface area contributed by atoms with E-state index < -0.39 is 0 Å². The van der Waals surface area contributed by atoms with Gasteiger partial charge in [0.1, 0.15) is 0 Å². The number of aliphatic hydroxyl groups excluding tert-OH is 1. The number of likely N-dealkylation sites (tertiary alicyclic amines) is 1. The predicted molar refractivity (Wildman–Crippen MR) is 90.9 cm³/mol. The molecule has 2 aromatic rings. The SMILES string of the molecule is O[C@H]1CCCN(Cc2cnc(NCc3ccccc3)nc2)CC1. The highest BCUT2D eigenvalue weighted by atomic mass is 16.3. The number of hydrogen-bond donors (Lipinski definition) is 2. The van der Waals surface area contributed by atoms with Crippen LogP contribution in [0.2, 0.25) is 0 Å². The number of anilines is 1. The third-order valence-corrected chi connectivity index (χ3v) is 4.20. The number of rotatable bonds is 5. The number of nitrogens with zero attached hydrogens (tertiary/aromatic N) is 3. The fraction of sp³-hybridized carbons (Fsp3) is 0.444. The molecule has 5 nitrogen and oxygen atoms in total. The Morgan fingerprint density at radius 3 is 2.61 bits per heavy atom. The summed E-state index contributed by atoms with van der Waals surface area (Å²) in [7, 11) is 0. The van der Waals surface area contributed by atoms with Crippen LogP contribution in [0.25, 0.3) is 0 Å². The van der Waals surface area contributed by atoms with Gasteiger partial charge >= 0.3 is 0 Å². The van der Waals surface area contributed by atoms with Gasteiger partial charge in [0.15, 0.2) is 0 Å². The fourth-order valence-corrected chi connectivity index (χ4v) is 2.86. The Morgan fingerprint density at radius 1 is 1.04 bits per heavy atom. The molecule has 0 bridgehead atoms. The van der Waals surface area contributed by atoms with E-state index in [1.807, 2.05) is 30.6 Å². The zero-order chi connectivity index (χ0) is 15.9. The van der Waals surface area contributed by atoms with Crippen LogP contribution in [0.4, 0.5) is 5.95 Å². The van der Waals surface area contributed by atoms with Crippen LogP contribution >= 0.6 is 0 Å². The highest BCUT2D eigenvalue weighted by Crippen LogP contribution is 2.13. The zero-order valence-corrected chi connectivity index (χ0v) is 13.4. The molecule has 0 spiro atoms. The first-order chi connectivity index (χ1) is 11.3. The molecule has 2 N–H and O–H groups in total. The average Bonchev–Trinajstić information content (AvgIpc) is 2.80. The van der Waals surface area contributed by atoms with Crippen LogP contribution in [0.3, 0.4) is 0 Å². The first-order valence-electron chi connectivity index (χ1n) is 8.29. The molecule has 1 saturated heterocycles. The van der Waals surface area contributed by atoms with Gasteiger partial charge in [-0.25, -0.2) is 9.97 Å². The lowest BCUT2D eigenvalue weighted by molar-refractivity contribution is 0.154. The number of aromatic nitrogens is 2. The topological polar surface area (TPSA) is 61.3 Å². The normalized spacial score (nSPS) is 19.3. The van der Waals surface area contributed by atoms with E-state index in [0.717, 1.165) is 51.0 Å². The lowest BCUT2D eigenvalue weighted by Gasteiger charge is -2.19. The van der Waals surface area contributed by atoms with Crippen LogP contribution in [0.5, 0.6) is 0 Å². The summed E-state index contributed by atoms with van der Waals surface area (Å²) in [4.78, 5) is 11.2. The van der Waals surface area contributed by atoms with Crippen molar-refractivity contribution in [2.24, 2.45) is 0 Å². The Balaban J connectivity index is 1.50. The van der Waals surface area contributed by atoms with E-state index in [0.29, 0.717) is 5.95 Å². The minimum absolute atomic E-state index is 0.138. The van der Waals surface area contributed by atoms with Crippen LogP contribution in [-0.2, 0) is 13.1 Å². The highest BCUT2D eigenvalue weighted by molar-refractivity contribution is 5.27. The van der Waals surface area contributed by atoms with Gasteiger partial charge in [0.05, 0.1) is 6.10 Å². The maximum absolute atomic E-state index is 9.70. The van der Waals surface area contributed by atoms with Crippen molar-refractivity contribution in [1.82, 2.24) is 14.9 Å². The van der Waals surface area contributed by atoms with E-state index in [2.05, 4.69) is 32.3 Å². The van der Waals surface area contributed by atoms with Crippen molar-refractivity contribution in [1.29, 1.82) is 0 Å². The summed E-state index contributed by atoms with van der Waals surface area (Å²) in [5.74, 6) is 0.656. The Bertz CT molecular complexity index is 588. The van der Waals surface area contributed by atoms with Gasteiger partial charge in [-0.15, -0.1) is 0 Å². The quantitative estimate of drug-likeness (QED) is 0.888. The van der Waals surface area contributed by atoms with Crippen molar-refractivity contribution >= 4 is 5.95 Å². The van der Waals surface area contributed by atoms with E-state index in [1.165, 1.54) is 5.56 Å². The highest BCUT2D eigenvalue weighted by Gasteiger charge is 2.15. The molecule has 2 heterocycles. The summed E-state index contributed by atoms with van der Waals surface area (Å²) < 4.78 is 0. The number of nitrogens with one attached hydrogen (secondary N) is 1. The molecule has 122 valence electrons. The third kappa shape index (κ3) is 5.01. The Labute approximate surface area is 137 Å². The van der Waals surface area contributed by atoms with Crippen LogP contribution in [0.15, 0.2) is 42.7 Å². The van der Waals surface area contributed by atoms with Gasteiger partial charge in [-0.2, -0.15) is 0 Å². The second kappa shape index (κ2) is 8.04. The molecule has 1 fully saturated rings. The lowest BCUT2D eigenvalue weighted by atomic mass is 10.2. The molecule has 23 heavy (non-hydrogen) atoms. The summed E-state index contributed by atoms with van der Waals surface area (Å²) in [6.07, 6.45) is 6.47. The molecular formula is C18H24N4O. The molecule has 0 aliphatic carbocycles. The standard InChI is InChI=1S/C18H24N4O/c23-17-7-4-9-22(10-8-17)14-16-12-20-18(21-13-16)19-11-15-5-2-1-3-6-15/h1-3,5-6,12-13,17,23H,4,7-11,14H2,(H,19,20,21)/t17-/m0/s1. The van der Waals surface area contributed by atoms with Crippen LogP contribution in [0, 0.1) is 0 Å². The minimum Gasteiger partial charge on any atom is -0.393 e. The molecular weight excluding hydrogens is 288 g/mol. The van der Waals surface area contributed by atoms with Crippen molar-refractivity contribution in [2.45, 2.75) is 38.5 Å². The van der Waals surface area contributed by atoms with Gasteiger partial charge in [0, 0.05) is 37.6 Å². The van der Waals surface area contributed by atoms with E-state index in [4.69, 9.17) is 0 Å². The van der Waals surface area contributed by atoms with E-state index >= 15 is 0 Å². The largest absolute Gasteiger partial charge is 0.393 e. The summed E-state index contributed by atoms with van der Waals surface area (Å²) in [6, 6.07) is 10.2. The number of aliphatic hydroxyl groups is 1. The van der Waals surface area contributed by atoms with Gasteiger partial charge in [0.25, 0.3) is 0 Å². The van der Waals surface area contributed by atoms with Gasteiger partial charge in [-0.05, 0) is 31.4 Å². The molecule has 0 saturated carbocycles. The minimum atomic E-state index is -0.138. The van der Waals surface area contributed by atoms with Gasteiger partial charge < -0.3 is 10.4 Å². The molecule has 0 amide bonds. The van der Waals surface area contributed by atoms with E-state index in [1.54, 1.807) is 0 Å². The summed E-state index contributed by atoms with van der Waals surface area (Å²) >= 11 is 0. The van der Waals surface area contributed by atoms with Crippen molar-refractivity contribution in [3.63, 3.8) is 0 Å². The first-order valence-corrected chi connectivity index (χ1v) is 8.29. The molecule has 1 aromatic carbocycles. The Morgan fingerprint density at radius 2 is 1.83 bits per heavy atom. The Kier molecular flexibility index (Phi) is 5.56. The molecule has 1 aromatic heterocycles. The third-order valence-electron chi connectivity index (χ3n) is 4.20. The molecule has 0 unspecified atom stereocenters. The summed E-state index contributed by atoms with van der Waals surface area (Å²) in [5, 5.41) is 12.9. The van der Waals surface area contributed by atoms with Gasteiger partial charge in [-0.1, -0.05) is 30.3 Å². The molecule has 0 radical (unpaired) electrons. The van der Waals surface area contributed by atoms with Crippen molar-refractivity contribution < 1.29 is 5.11 Å². The molecule has 1 aliphatic heterocycles. The monoisotopic (exact) mass is 312 g/mol. The van der Waals surface area contributed by atoms with Crippen LogP contribution in [-0.4, -0.2) is 39.2 Å². The first kappa shape index (κ1) is 15.9. The second-order valence-electron chi connectivity index (χ2n) is 6.11. The molecule has 5 heteroatoms. The predicted octanol–water partition coefficient (Wildman–Crippen LogP) is 2.44. The maximum Gasteiger partial charge on any atom is 0.222 e. The molecule has 1 atom stereocenters. The van der Waals surface area contributed by atoms with Gasteiger partial charge in [-0.3, -0.25) is 4.90 Å². The number of hydrogen-bond acceptors (Lipinski definition) is 5. The molecule has 3 rings (SSSR count). The zero-order valence-electron chi connectivity index (χ0n) is 13.4. The Hall–Kier alpha value is -1.98. The molecule has 1 aliphatic rings. The lowest BCUT2D eigenvalue weighted by Crippen LogP contribution is -2.24. The van der Waals surface area contributed by atoms with Crippen LogP contribution < -0.4 is 5.32 Å². The van der Waals surface area contributed by atoms with E-state index in [9.17, 15) is 5.11 Å². The average molecular weight is 312 g/mol. The fourth-order valence-electron chi connectivity index (χ4n) is 2.86. The summed E-state index contributed by atoms with van der Waals surface area (Å²) in [6.45, 7) is 3.55. The summed E-state index contributed by atoms with van der Waals surface area (Å²) in [5.41, 5.74) is 2.33. The van der Waals surface area contributed by atoms with Crippen molar-refractivity contribution in [2.75, 3.05) is 18.4 Å². The smallest absolute Gasteiger partial charge is 0.222 e. The number of benzene rings is 1. The van der Waals surface area contributed by atoms with Gasteiger partial charge in [0.2, 0.25) is 5.95 Å². The second-order valence-corrected chi connectivity index (χ2v) is 6.11. The van der Waals surface area contributed by atoms with Crippen LogP contribution in [0.1, 0.15) is 30.4 Å². The van der Waals surface area contributed by atoms with Crippen molar-refractivity contribution in [3.8, 4) is 0 Å². The van der Waals surface area contributed by atoms with Crippen molar-refractivity contribution in [3.05, 3.63) is 53.9 Å². The maximum atomic E-state index is 9.70.